The SMILES string of the molecule is c1ccc(-c2ccccc2-c2ccccc2-c2ccccc2N(c2ccc(-c3ccc4sc5ccccc5c4c3)cc2)c2cccc(-c3cccc4ccccc34)c2)cc1. The van der Waals surface area contributed by atoms with Gasteiger partial charge >= 0.3 is 0 Å². The zero-order valence-corrected chi connectivity index (χ0v) is 33.7. The van der Waals surface area contributed by atoms with Crippen LogP contribution in [0, 0.1) is 0 Å². The van der Waals surface area contributed by atoms with Crippen LogP contribution in [0.15, 0.2) is 237 Å². The van der Waals surface area contributed by atoms with Gasteiger partial charge in [-0.05, 0) is 109 Å². The molecule has 10 aromatic carbocycles. The molecule has 1 nitrogen and oxygen atoms in total. The Morgan fingerprint density at radius 3 is 1.63 bits per heavy atom. The van der Waals surface area contributed by atoms with Gasteiger partial charge in [0.2, 0.25) is 0 Å². The van der Waals surface area contributed by atoms with Crippen molar-refractivity contribution in [1.29, 1.82) is 0 Å². The summed E-state index contributed by atoms with van der Waals surface area (Å²) in [6.07, 6.45) is 0. The molecule has 0 radical (unpaired) electrons. The molecule has 1 heterocycles. The number of benzene rings is 10. The van der Waals surface area contributed by atoms with Gasteiger partial charge in [0.1, 0.15) is 0 Å². The van der Waals surface area contributed by atoms with E-state index in [1.54, 1.807) is 0 Å². The quantitative estimate of drug-likeness (QED) is 0.148. The first-order valence-corrected chi connectivity index (χ1v) is 21.3. The lowest BCUT2D eigenvalue weighted by Crippen LogP contribution is -2.11. The van der Waals surface area contributed by atoms with Crippen molar-refractivity contribution in [2.45, 2.75) is 0 Å². The molecule has 0 N–H and O–H groups in total. The van der Waals surface area contributed by atoms with Crippen LogP contribution in [-0.2, 0) is 0 Å². The van der Waals surface area contributed by atoms with E-state index in [4.69, 9.17) is 0 Å². The van der Waals surface area contributed by atoms with Gasteiger partial charge in [0.05, 0.1) is 5.69 Å². The summed E-state index contributed by atoms with van der Waals surface area (Å²) in [6, 6.07) is 86.2. The molecule has 11 aromatic rings. The lowest BCUT2D eigenvalue weighted by Gasteiger charge is -2.29. The molecular weight excluding hydrogens is 743 g/mol. The third-order valence-electron chi connectivity index (χ3n) is 11.7. The van der Waals surface area contributed by atoms with Gasteiger partial charge in [0.15, 0.2) is 0 Å². The van der Waals surface area contributed by atoms with E-state index in [0.29, 0.717) is 0 Å². The van der Waals surface area contributed by atoms with Crippen molar-refractivity contribution in [2.24, 2.45) is 0 Å². The van der Waals surface area contributed by atoms with Crippen molar-refractivity contribution in [3.8, 4) is 55.6 Å². The van der Waals surface area contributed by atoms with E-state index in [2.05, 4.69) is 241 Å². The number of para-hydroxylation sites is 1. The molecule has 60 heavy (non-hydrogen) atoms. The summed E-state index contributed by atoms with van der Waals surface area (Å²) in [5.41, 5.74) is 15.3. The molecule has 282 valence electrons. The number of nitrogens with zero attached hydrogens (tertiary/aromatic N) is 1. The Kier molecular flexibility index (Phi) is 9.11. The van der Waals surface area contributed by atoms with Gasteiger partial charge in [-0.2, -0.15) is 0 Å². The second-order valence-electron chi connectivity index (χ2n) is 15.2. The van der Waals surface area contributed by atoms with Crippen molar-refractivity contribution >= 4 is 59.3 Å². The van der Waals surface area contributed by atoms with Crippen molar-refractivity contribution < 1.29 is 0 Å². The van der Waals surface area contributed by atoms with E-state index < -0.39 is 0 Å². The first-order valence-electron chi connectivity index (χ1n) is 20.5. The number of hydrogen-bond acceptors (Lipinski definition) is 2. The minimum absolute atomic E-state index is 1.09. The Bertz CT molecular complexity index is 3320. The van der Waals surface area contributed by atoms with Gasteiger partial charge in [-0.3, -0.25) is 0 Å². The van der Waals surface area contributed by atoms with E-state index >= 15 is 0 Å². The second-order valence-corrected chi connectivity index (χ2v) is 16.3. The molecule has 0 saturated carbocycles. The Morgan fingerprint density at radius 2 is 0.817 bits per heavy atom. The second kappa shape index (κ2) is 15.3. The van der Waals surface area contributed by atoms with Crippen LogP contribution in [0.2, 0.25) is 0 Å². The summed E-state index contributed by atoms with van der Waals surface area (Å²) in [7, 11) is 0. The van der Waals surface area contributed by atoms with Crippen molar-refractivity contribution in [1.82, 2.24) is 0 Å². The standard InChI is InChI=1S/C58H39NS/c1-2-16-41(17-3-1)48-23-6-7-24-50(48)51-25-8-9-26-52(51)53-27-10-12-30-56(53)59(46-21-14-20-44(38-46)49-29-15-19-42-18-4-5-22-47(42)49)45-35-32-40(33-36-45)43-34-37-58-55(39-43)54-28-11-13-31-57(54)60-58/h1-39H. The van der Waals surface area contributed by atoms with E-state index in [1.807, 2.05) is 11.3 Å². The third-order valence-corrected chi connectivity index (χ3v) is 12.9. The van der Waals surface area contributed by atoms with Crippen LogP contribution in [0.5, 0.6) is 0 Å². The summed E-state index contributed by atoms with van der Waals surface area (Å²) >= 11 is 1.86. The maximum Gasteiger partial charge on any atom is 0.0540 e. The van der Waals surface area contributed by atoms with Crippen LogP contribution >= 0.6 is 11.3 Å². The number of thiophene rings is 1. The molecule has 0 aliphatic rings. The van der Waals surface area contributed by atoms with Gasteiger partial charge < -0.3 is 4.90 Å². The van der Waals surface area contributed by atoms with E-state index in [0.717, 1.165) is 22.6 Å². The Balaban J connectivity index is 1.08. The van der Waals surface area contributed by atoms with Gasteiger partial charge in [0, 0.05) is 37.1 Å². The fourth-order valence-electron chi connectivity index (χ4n) is 8.86. The van der Waals surface area contributed by atoms with Gasteiger partial charge in [0.25, 0.3) is 0 Å². The number of rotatable bonds is 8. The first kappa shape index (κ1) is 35.6. The zero-order chi connectivity index (χ0) is 39.8. The lowest BCUT2D eigenvalue weighted by molar-refractivity contribution is 1.28. The molecule has 0 spiro atoms. The smallest absolute Gasteiger partial charge is 0.0540 e. The van der Waals surface area contributed by atoms with Crippen LogP contribution < -0.4 is 4.90 Å². The largest absolute Gasteiger partial charge is 0.310 e. The van der Waals surface area contributed by atoms with E-state index in [1.165, 1.54) is 81.0 Å². The average molecular weight is 782 g/mol. The zero-order valence-electron chi connectivity index (χ0n) is 32.9. The highest BCUT2D eigenvalue weighted by atomic mass is 32.1. The molecule has 0 fully saturated rings. The molecule has 1 aromatic heterocycles. The van der Waals surface area contributed by atoms with Gasteiger partial charge in [-0.1, -0.05) is 188 Å². The van der Waals surface area contributed by atoms with Crippen LogP contribution in [-0.4, -0.2) is 0 Å². The normalized spacial score (nSPS) is 11.3. The lowest BCUT2D eigenvalue weighted by atomic mass is 9.88. The molecule has 2 heteroatoms. The number of fused-ring (bicyclic) bond motifs is 4. The molecule has 0 atom stereocenters. The highest BCUT2D eigenvalue weighted by molar-refractivity contribution is 7.25. The first-order chi connectivity index (χ1) is 29.8. The van der Waals surface area contributed by atoms with Crippen molar-refractivity contribution in [3.63, 3.8) is 0 Å². The topological polar surface area (TPSA) is 3.24 Å². The molecule has 0 amide bonds. The molecule has 11 rings (SSSR count). The van der Waals surface area contributed by atoms with Gasteiger partial charge in [-0.15, -0.1) is 11.3 Å². The highest BCUT2D eigenvalue weighted by Gasteiger charge is 2.21. The molecular formula is C58H39NS. The number of anilines is 3. The number of hydrogen-bond donors (Lipinski definition) is 0. The summed E-state index contributed by atoms with van der Waals surface area (Å²) in [5.74, 6) is 0. The minimum atomic E-state index is 1.09. The summed E-state index contributed by atoms with van der Waals surface area (Å²) < 4.78 is 2.64. The van der Waals surface area contributed by atoms with E-state index in [9.17, 15) is 0 Å². The third kappa shape index (κ3) is 6.44. The van der Waals surface area contributed by atoms with Crippen LogP contribution in [0.25, 0.3) is 86.6 Å². The Hall–Kier alpha value is -7.52. The molecule has 0 bridgehead atoms. The summed E-state index contributed by atoms with van der Waals surface area (Å²) in [6.45, 7) is 0. The fourth-order valence-corrected chi connectivity index (χ4v) is 9.95. The Morgan fingerprint density at radius 1 is 0.267 bits per heavy atom. The average Bonchev–Trinajstić information content (AvgIpc) is 3.70. The molecule has 0 aliphatic heterocycles. The van der Waals surface area contributed by atoms with Crippen LogP contribution in [0.4, 0.5) is 17.1 Å². The van der Waals surface area contributed by atoms with Gasteiger partial charge in [-0.25, -0.2) is 0 Å². The fraction of sp³-hybridized carbons (Fsp3) is 0. The highest BCUT2D eigenvalue weighted by Crippen LogP contribution is 2.46. The predicted molar refractivity (Wildman–Crippen MR) is 259 cm³/mol. The maximum absolute atomic E-state index is 2.43. The Labute approximate surface area is 354 Å². The van der Waals surface area contributed by atoms with Crippen molar-refractivity contribution in [2.75, 3.05) is 4.90 Å². The maximum atomic E-state index is 2.43. The molecule has 0 saturated heterocycles. The predicted octanol–water partition coefficient (Wildman–Crippen LogP) is 17.0. The monoisotopic (exact) mass is 781 g/mol. The van der Waals surface area contributed by atoms with Crippen LogP contribution in [0.3, 0.4) is 0 Å². The van der Waals surface area contributed by atoms with E-state index in [-0.39, 0.29) is 0 Å². The van der Waals surface area contributed by atoms with Crippen LogP contribution in [0.1, 0.15) is 0 Å². The summed E-state index contributed by atoms with van der Waals surface area (Å²) in [5, 5.41) is 5.11. The molecule has 0 aliphatic carbocycles. The minimum Gasteiger partial charge on any atom is -0.310 e. The van der Waals surface area contributed by atoms with Crippen molar-refractivity contribution in [3.05, 3.63) is 237 Å². The molecule has 0 unspecified atom stereocenters. The summed E-state index contributed by atoms with van der Waals surface area (Å²) in [4.78, 5) is 2.43.